The van der Waals surface area contributed by atoms with E-state index in [2.05, 4.69) is 443 Å². The second-order valence-electron chi connectivity index (χ2n) is 31.0. The minimum atomic E-state index is 1.14. The van der Waals surface area contributed by atoms with Crippen LogP contribution in [0, 0.1) is 0 Å². The molecule has 4 aromatic heterocycles. The van der Waals surface area contributed by atoms with Crippen molar-refractivity contribution in [3.63, 3.8) is 0 Å². The van der Waals surface area contributed by atoms with Gasteiger partial charge in [0.2, 0.25) is 0 Å². The number of fused-ring (bicyclic) bond motifs is 16. The molecule has 538 valence electrons. The molecule has 4 heterocycles. The van der Waals surface area contributed by atoms with Gasteiger partial charge in [0.1, 0.15) is 0 Å². The molecule has 0 unspecified atom stereocenters. The van der Waals surface area contributed by atoms with Crippen LogP contribution in [0.3, 0.4) is 0 Å². The van der Waals surface area contributed by atoms with Gasteiger partial charge in [-0.2, -0.15) is 0 Å². The van der Waals surface area contributed by atoms with E-state index >= 15 is 0 Å². The van der Waals surface area contributed by atoms with E-state index in [1.807, 2.05) is 0 Å². The molecule has 20 aromatic carbocycles. The van der Waals surface area contributed by atoms with Crippen LogP contribution in [0.5, 0.6) is 0 Å². The summed E-state index contributed by atoms with van der Waals surface area (Å²) in [5.41, 5.74) is 30.3. The zero-order valence-corrected chi connectivity index (χ0v) is 63.2. The highest BCUT2D eigenvalue weighted by Gasteiger charge is 2.27. The van der Waals surface area contributed by atoms with Gasteiger partial charge in [-0.3, -0.25) is 0 Å². The number of hydrogen-bond acceptors (Lipinski definition) is 0. The number of nitrogens with zero attached hydrogens (tertiary/aromatic N) is 4. The first kappa shape index (κ1) is 65.4. The highest BCUT2D eigenvalue weighted by atomic mass is 15.0. The lowest BCUT2D eigenvalue weighted by molar-refractivity contribution is 1.18. The van der Waals surface area contributed by atoms with E-state index in [0.29, 0.717) is 0 Å². The highest BCUT2D eigenvalue weighted by Crippen LogP contribution is 2.53. The Bertz CT molecular complexity index is 7230. The van der Waals surface area contributed by atoms with Crippen molar-refractivity contribution in [2.75, 3.05) is 0 Å². The molecule has 4 nitrogen and oxygen atoms in total. The van der Waals surface area contributed by atoms with E-state index < -0.39 is 0 Å². The first-order valence-electron chi connectivity index (χ1n) is 40.1. The average Bonchev–Trinajstić information content (AvgIpc) is 0.999. The fourth-order valence-electron chi connectivity index (χ4n) is 19.7. The molecule has 0 fully saturated rings. The number of hydrogen-bond donors (Lipinski definition) is 0. The van der Waals surface area contributed by atoms with Crippen molar-refractivity contribution in [3.8, 4) is 101 Å². The molecule has 24 aromatic rings. The predicted molar refractivity (Wildman–Crippen MR) is 492 cm³/mol. The normalized spacial score (nSPS) is 12.0. The van der Waals surface area contributed by atoms with Crippen molar-refractivity contribution >= 4 is 130 Å². The number of aromatic nitrogens is 4. The number of rotatable bonds is 11. The summed E-state index contributed by atoms with van der Waals surface area (Å²) in [5, 5.41) is 19.3. The van der Waals surface area contributed by atoms with Crippen molar-refractivity contribution in [2.24, 2.45) is 0 Å². The highest BCUT2D eigenvalue weighted by molar-refractivity contribution is 6.31. The fraction of sp³-hybridized carbons (Fsp3) is 0. The van der Waals surface area contributed by atoms with E-state index in [1.165, 1.54) is 153 Å². The third-order valence-electron chi connectivity index (χ3n) is 24.6. The van der Waals surface area contributed by atoms with Crippen LogP contribution in [0.1, 0.15) is 0 Å². The largest absolute Gasteiger partial charge is 0.309 e. The summed E-state index contributed by atoms with van der Waals surface area (Å²) in [6.45, 7) is 0. The Morgan fingerprint density at radius 2 is 0.276 bits per heavy atom. The number of para-hydroxylation sites is 8. The molecule has 0 N–H and O–H groups in total. The fourth-order valence-corrected chi connectivity index (χ4v) is 19.7. The molecular formula is C112H70N4. The summed E-state index contributed by atoms with van der Waals surface area (Å²) < 4.78 is 9.65. The van der Waals surface area contributed by atoms with Crippen LogP contribution in [-0.4, -0.2) is 18.3 Å². The molecule has 4 heteroatoms. The van der Waals surface area contributed by atoms with Gasteiger partial charge in [-0.25, -0.2) is 0 Å². The molecule has 0 amide bonds. The SMILES string of the molecule is c1ccc(-n2c3ccccc3c3cc(-c4cc(-c5ccc6c(c5)c5ccccc5n6-c5ccccc5)cc(-c5c6ccccc6c(-c6c7ccccc7c(-c7cc(-c8ccc9c(c8)c8ccccc8n9-c8ccccc8)cc(-c8ccc9c(c8)c8ccccc8n9-c8ccccc8)c7)c7ccccc67)c6ccccc56)c4)ccc32)cc1. The van der Waals surface area contributed by atoms with Crippen molar-refractivity contribution in [1.82, 2.24) is 18.3 Å². The van der Waals surface area contributed by atoms with E-state index in [4.69, 9.17) is 0 Å². The molecule has 0 aliphatic heterocycles. The molecule has 0 bridgehead atoms. The Kier molecular flexibility index (Phi) is 14.7. The summed E-state index contributed by atoms with van der Waals surface area (Å²) >= 11 is 0. The smallest absolute Gasteiger partial charge is 0.0541 e. The zero-order valence-electron chi connectivity index (χ0n) is 63.2. The molecule has 0 spiro atoms. The van der Waals surface area contributed by atoms with Crippen LogP contribution in [-0.2, 0) is 0 Å². The Labute approximate surface area is 669 Å². The summed E-state index contributed by atoms with van der Waals surface area (Å²) in [5.74, 6) is 0. The molecular weight excluding hydrogens is 1400 g/mol. The van der Waals surface area contributed by atoms with Crippen molar-refractivity contribution < 1.29 is 0 Å². The van der Waals surface area contributed by atoms with Crippen LogP contribution in [0.25, 0.3) is 231 Å². The molecule has 0 atom stereocenters. The van der Waals surface area contributed by atoms with Crippen LogP contribution >= 0.6 is 0 Å². The Balaban J connectivity index is 0.731. The standard InChI is InChI=1S/C112H70N4/c1-5-29-81(30-6-1)113-101-49-25-21-37-85(101)97-67-71(53-57-105(97)113)75-61-76(72-54-58-106-98(68-72)86-38-22-26-50-102(86)114(106)82-31-7-2-8-32-82)64-79(63-75)109-89-41-13-17-45-93(89)111(94-46-18-14-42-90(94)109)112-95-47-19-15-43-91(95)110(92-44-16-20-48-96(92)112)80-65-77(73-55-59-107-99(69-73)87-39-23-27-51-103(87)115(107)83-33-9-3-10-34-83)62-78(66-80)74-56-60-108-100(70-74)88-40-24-28-52-104(88)116(108)84-35-11-4-12-36-84/h1-70H. The third-order valence-corrected chi connectivity index (χ3v) is 24.6. The Hall–Kier alpha value is -15.4. The van der Waals surface area contributed by atoms with Gasteiger partial charge in [0.25, 0.3) is 0 Å². The van der Waals surface area contributed by atoms with Crippen molar-refractivity contribution in [1.29, 1.82) is 0 Å². The molecule has 116 heavy (non-hydrogen) atoms. The van der Waals surface area contributed by atoms with Gasteiger partial charge in [-0.15, -0.1) is 0 Å². The summed E-state index contributed by atoms with van der Waals surface area (Å²) in [4.78, 5) is 0. The van der Waals surface area contributed by atoms with Gasteiger partial charge >= 0.3 is 0 Å². The molecule has 0 aliphatic carbocycles. The first-order chi connectivity index (χ1) is 57.6. The minimum Gasteiger partial charge on any atom is -0.309 e. The monoisotopic (exact) mass is 1470 g/mol. The minimum absolute atomic E-state index is 1.14. The van der Waals surface area contributed by atoms with Gasteiger partial charge in [-0.05, 0) is 279 Å². The maximum atomic E-state index is 2.47. The van der Waals surface area contributed by atoms with E-state index in [1.54, 1.807) is 0 Å². The molecule has 24 rings (SSSR count). The topological polar surface area (TPSA) is 19.7 Å². The Morgan fingerprint density at radius 1 is 0.103 bits per heavy atom. The van der Waals surface area contributed by atoms with E-state index in [-0.39, 0.29) is 0 Å². The first-order valence-corrected chi connectivity index (χ1v) is 40.1. The third kappa shape index (κ3) is 10.1. The van der Waals surface area contributed by atoms with Gasteiger partial charge in [0.15, 0.2) is 0 Å². The van der Waals surface area contributed by atoms with Gasteiger partial charge in [0, 0.05) is 65.8 Å². The predicted octanol–water partition coefficient (Wildman–Crippen LogP) is 30.4. The molecule has 0 radical (unpaired) electrons. The summed E-state index contributed by atoms with van der Waals surface area (Å²) in [6.07, 6.45) is 0. The van der Waals surface area contributed by atoms with Crippen LogP contribution in [0.2, 0.25) is 0 Å². The van der Waals surface area contributed by atoms with Crippen LogP contribution in [0.15, 0.2) is 425 Å². The Morgan fingerprint density at radius 3 is 0.500 bits per heavy atom. The zero-order chi connectivity index (χ0) is 76.1. The van der Waals surface area contributed by atoms with Crippen LogP contribution in [0.4, 0.5) is 0 Å². The summed E-state index contributed by atoms with van der Waals surface area (Å²) in [6, 6.07) is 159. The summed E-state index contributed by atoms with van der Waals surface area (Å²) in [7, 11) is 0. The molecule has 0 saturated carbocycles. The lowest BCUT2D eigenvalue weighted by Gasteiger charge is -2.23. The molecule has 0 saturated heterocycles. The van der Waals surface area contributed by atoms with Gasteiger partial charge in [0.05, 0.1) is 44.1 Å². The number of benzene rings is 20. The lowest BCUT2D eigenvalue weighted by atomic mass is 9.80. The second kappa shape index (κ2) is 26.1. The second-order valence-corrected chi connectivity index (χ2v) is 31.0. The van der Waals surface area contributed by atoms with Crippen molar-refractivity contribution in [2.45, 2.75) is 0 Å². The van der Waals surface area contributed by atoms with E-state index in [0.717, 1.165) is 78.4 Å². The van der Waals surface area contributed by atoms with E-state index in [9.17, 15) is 0 Å². The van der Waals surface area contributed by atoms with Crippen LogP contribution < -0.4 is 0 Å². The average molecular weight is 1470 g/mol. The van der Waals surface area contributed by atoms with Crippen molar-refractivity contribution in [3.05, 3.63) is 425 Å². The maximum Gasteiger partial charge on any atom is 0.0541 e. The lowest BCUT2D eigenvalue weighted by Crippen LogP contribution is -1.96. The quantitative estimate of drug-likeness (QED) is 0.115. The maximum absolute atomic E-state index is 2.47. The van der Waals surface area contributed by atoms with Gasteiger partial charge in [-0.1, -0.05) is 267 Å². The van der Waals surface area contributed by atoms with Gasteiger partial charge < -0.3 is 18.3 Å². The molecule has 0 aliphatic rings.